The molecule has 10 nitrogen and oxygen atoms in total. The van der Waals surface area contributed by atoms with Crippen molar-refractivity contribution in [3.05, 3.63) is 118 Å². The maximum atomic E-state index is 15.4. The number of carboxylic acid groups (broad SMARTS) is 4. The van der Waals surface area contributed by atoms with E-state index in [1.165, 1.54) is 0 Å². The molecule has 4 aromatic carbocycles. The summed E-state index contributed by atoms with van der Waals surface area (Å²) in [5, 5.41) is 36.8. The molecule has 0 saturated heterocycles. The molecule has 0 fully saturated rings. The second-order valence-electron chi connectivity index (χ2n) is 9.61. The van der Waals surface area contributed by atoms with Crippen molar-refractivity contribution in [3.8, 4) is 23.0 Å². The predicted molar refractivity (Wildman–Crippen MR) is 147 cm³/mol. The van der Waals surface area contributed by atoms with E-state index < -0.39 is 86.8 Å². The highest BCUT2D eigenvalue weighted by atomic mass is 19.4. The zero-order chi connectivity index (χ0) is 34.8. The third-order valence-corrected chi connectivity index (χ3v) is 6.82. The average molecular weight is 664 g/mol. The van der Waals surface area contributed by atoms with Gasteiger partial charge in [-0.3, -0.25) is 0 Å². The Morgan fingerprint density at radius 1 is 0.553 bits per heavy atom. The summed E-state index contributed by atoms with van der Waals surface area (Å²) in [5.74, 6) is -9.57. The molecule has 0 aliphatic heterocycles. The van der Waals surface area contributed by atoms with Crippen LogP contribution in [0.2, 0.25) is 0 Å². The van der Waals surface area contributed by atoms with Crippen molar-refractivity contribution in [2.24, 2.45) is 0 Å². The fourth-order valence-electron chi connectivity index (χ4n) is 4.68. The molecule has 244 valence electrons. The Labute approximate surface area is 258 Å². The summed E-state index contributed by atoms with van der Waals surface area (Å²) in [5.41, 5.74) is -9.40. The van der Waals surface area contributed by atoms with Gasteiger partial charge in [0.2, 0.25) is 0 Å². The molecule has 1 atom stereocenters. The fourth-order valence-corrected chi connectivity index (χ4v) is 4.68. The molecule has 0 saturated carbocycles. The molecule has 0 spiro atoms. The van der Waals surface area contributed by atoms with Crippen LogP contribution in [0, 0.1) is 5.82 Å². The van der Waals surface area contributed by atoms with Crippen molar-refractivity contribution in [1.82, 2.24) is 0 Å². The van der Waals surface area contributed by atoms with E-state index in [9.17, 15) is 51.3 Å². The Morgan fingerprint density at radius 2 is 0.936 bits per heavy atom. The van der Waals surface area contributed by atoms with E-state index in [1.54, 1.807) is 0 Å². The van der Waals surface area contributed by atoms with Crippen LogP contribution in [0.25, 0.3) is 0 Å². The van der Waals surface area contributed by atoms with Crippen LogP contribution >= 0.6 is 0 Å². The molecule has 47 heavy (non-hydrogen) atoms. The van der Waals surface area contributed by atoms with Crippen molar-refractivity contribution in [3.63, 3.8) is 0 Å². The van der Waals surface area contributed by atoms with Gasteiger partial charge in [-0.2, -0.15) is 13.2 Å². The van der Waals surface area contributed by atoms with Crippen LogP contribution in [-0.2, 0) is 5.41 Å². The number of hydrogen-bond donors (Lipinski definition) is 4. The van der Waals surface area contributed by atoms with E-state index in [1.807, 2.05) is 0 Å². The van der Waals surface area contributed by atoms with E-state index in [0.29, 0.717) is 24.3 Å². The van der Waals surface area contributed by atoms with Crippen LogP contribution in [0.5, 0.6) is 23.0 Å². The van der Waals surface area contributed by atoms with Gasteiger partial charge in [0, 0.05) is 11.6 Å². The first-order valence-electron chi connectivity index (χ1n) is 12.8. The largest absolute Gasteiger partial charge is 0.478 e. The molecule has 1 unspecified atom stereocenters. The molecule has 4 aromatic rings. The molecule has 0 amide bonds. The van der Waals surface area contributed by atoms with Crippen LogP contribution in [0.15, 0.2) is 78.9 Å². The quantitative estimate of drug-likeness (QED) is 0.119. The summed E-state index contributed by atoms with van der Waals surface area (Å²) in [6, 6.07) is 9.79. The number of alkyl halides is 5. The second kappa shape index (κ2) is 12.7. The van der Waals surface area contributed by atoms with Gasteiger partial charge in [-0.25, -0.2) is 32.3 Å². The zero-order valence-electron chi connectivity index (χ0n) is 23.1. The van der Waals surface area contributed by atoms with Crippen LogP contribution in [0.3, 0.4) is 0 Å². The van der Waals surface area contributed by atoms with Crippen LogP contribution < -0.4 is 9.47 Å². The molecule has 0 aliphatic rings. The standard InChI is InChI=1S/C31H18F6O10/c32-24-13-18(47-17-6-9-20(26(40)41)22(12-17)28(44)45)7-10-23(24)30(29(33)34,31(35,36)37)14-1-3-15(4-2-14)46-16-5-8-19(25(38)39)21(11-16)27(42)43/h1-13,29H,(H,38,39)(H,40,41)(H,42,43)(H,44,45). The van der Waals surface area contributed by atoms with Crippen molar-refractivity contribution in [1.29, 1.82) is 0 Å². The Bertz CT molecular complexity index is 1890. The van der Waals surface area contributed by atoms with Gasteiger partial charge in [0.1, 0.15) is 28.8 Å². The van der Waals surface area contributed by atoms with Crippen LogP contribution in [0.1, 0.15) is 52.6 Å². The topological polar surface area (TPSA) is 168 Å². The number of carbonyl (C=O) groups is 4. The summed E-state index contributed by atoms with van der Waals surface area (Å²) >= 11 is 0. The van der Waals surface area contributed by atoms with Crippen molar-refractivity contribution in [2.45, 2.75) is 18.0 Å². The molecular weight excluding hydrogens is 646 g/mol. The molecule has 0 aromatic heterocycles. The summed E-state index contributed by atoms with van der Waals surface area (Å²) in [6.07, 6.45) is -10.1. The number of hydrogen-bond acceptors (Lipinski definition) is 6. The minimum Gasteiger partial charge on any atom is -0.478 e. The predicted octanol–water partition coefficient (Wildman–Crippen LogP) is 7.32. The number of ether oxygens (including phenoxy) is 2. The van der Waals surface area contributed by atoms with Gasteiger partial charge in [0.15, 0.2) is 5.41 Å². The fraction of sp³-hybridized carbons (Fsp3) is 0.0968. The van der Waals surface area contributed by atoms with E-state index in [0.717, 1.165) is 54.6 Å². The van der Waals surface area contributed by atoms with Gasteiger partial charge in [-0.05, 0) is 60.2 Å². The van der Waals surface area contributed by atoms with Gasteiger partial charge >= 0.3 is 30.1 Å². The molecule has 0 aliphatic carbocycles. The molecule has 0 radical (unpaired) electrons. The van der Waals surface area contributed by atoms with E-state index in [4.69, 9.17) is 19.7 Å². The van der Waals surface area contributed by atoms with E-state index in [-0.39, 0.29) is 17.2 Å². The van der Waals surface area contributed by atoms with Gasteiger partial charge < -0.3 is 29.9 Å². The third-order valence-electron chi connectivity index (χ3n) is 6.82. The van der Waals surface area contributed by atoms with Crippen LogP contribution in [-0.4, -0.2) is 56.9 Å². The van der Waals surface area contributed by atoms with Crippen LogP contribution in [0.4, 0.5) is 26.3 Å². The number of halogens is 6. The number of aromatic carboxylic acids is 4. The molecule has 4 rings (SSSR count). The Balaban J connectivity index is 1.71. The van der Waals surface area contributed by atoms with Gasteiger partial charge in [-0.15, -0.1) is 0 Å². The van der Waals surface area contributed by atoms with E-state index in [2.05, 4.69) is 0 Å². The summed E-state index contributed by atoms with van der Waals surface area (Å²) in [4.78, 5) is 45.3. The first kappa shape index (κ1) is 33.8. The number of carboxylic acids is 4. The Hall–Kier alpha value is -6.06. The SMILES string of the molecule is O=C(O)c1ccc(Oc2ccc(C(c3ccc(Oc4ccc(C(=O)O)c(C(=O)O)c4)cc3F)(C(F)F)C(F)(F)F)cc2)cc1C(=O)O. The van der Waals surface area contributed by atoms with Crippen molar-refractivity contribution >= 4 is 23.9 Å². The summed E-state index contributed by atoms with van der Waals surface area (Å²) in [6.45, 7) is 0. The first-order chi connectivity index (χ1) is 22.0. The zero-order valence-corrected chi connectivity index (χ0v) is 23.1. The smallest absolute Gasteiger partial charge is 0.408 e. The maximum Gasteiger partial charge on any atom is 0.408 e. The Kier molecular flexibility index (Phi) is 9.17. The highest BCUT2D eigenvalue weighted by molar-refractivity contribution is 6.02. The normalized spacial score (nSPS) is 12.7. The monoisotopic (exact) mass is 664 g/mol. The molecule has 0 bridgehead atoms. The Morgan fingerprint density at radius 3 is 1.32 bits per heavy atom. The highest BCUT2D eigenvalue weighted by Gasteiger charge is 2.64. The minimum atomic E-state index is -5.79. The highest BCUT2D eigenvalue weighted by Crippen LogP contribution is 2.52. The maximum absolute atomic E-state index is 15.4. The molecule has 16 heteroatoms. The van der Waals surface area contributed by atoms with Gasteiger partial charge in [0.25, 0.3) is 6.43 Å². The number of benzene rings is 4. The first-order valence-corrected chi connectivity index (χ1v) is 12.8. The van der Waals surface area contributed by atoms with E-state index >= 15 is 4.39 Å². The lowest BCUT2D eigenvalue weighted by Crippen LogP contribution is -2.50. The lowest BCUT2D eigenvalue weighted by atomic mass is 9.73. The van der Waals surface area contributed by atoms with Crippen molar-refractivity contribution in [2.75, 3.05) is 0 Å². The summed E-state index contributed by atoms with van der Waals surface area (Å²) < 4.78 is 99.0. The average Bonchev–Trinajstić information content (AvgIpc) is 2.98. The molecular formula is C31H18F6O10. The summed E-state index contributed by atoms with van der Waals surface area (Å²) in [7, 11) is 0. The van der Waals surface area contributed by atoms with Gasteiger partial charge in [-0.1, -0.05) is 18.2 Å². The molecule has 4 N–H and O–H groups in total. The van der Waals surface area contributed by atoms with Crippen molar-refractivity contribution < 1.29 is 75.4 Å². The lowest BCUT2D eigenvalue weighted by molar-refractivity contribution is -0.211. The number of rotatable bonds is 11. The molecule has 0 heterocycles. The second-order valence-corrected chi connectivity index (χ2v) is 9.61. The minimum absolute atomic E-state index is 0.245. The van der Waals surface area contributed by atoms with Gasteiger partial charge in [0.05, 0.1) is 22.3 Å². The third kappa shape index (κ3) is 6.51. The lowest BCUT2D eigenvalue weighted by Gasteiger charge is -2.36.